The number of carbonyl (C=O) groups is 1. The highest BCUT2D eigenvalue weighted by atomic mass is 32.1. The minimum atomic E-state index is 0.0888. The van der Waals surface area contributed by atoms with Crippen molar-refractivity contribution < 1.29 is 9.82 Å². The van der Waals surface area contributed by atoms with Gasteiger partial charge in [-0.1, -0.05) is 24.3 Å². The standard InChI is InChI=1S/C16H19BN2O2S/c1-12-11-18(16(20)13-5-3-2-4-6-13)9-10-19(12)15-8-7-14(17-21)22-15/h2-8,12,17,21H,9-11H2,1H3. The molecule has 1 aliphatic rings. The molecule has 2 heterocycles. The van der Waals surface area contributed by atoms with Crippen LogP contribution in [-0.2, 0) is 0 Å². The van der Waals surface area contributed by atoms with E-state index in [1.165, 1.54) is 5.00 Å². The van der Waals surface area contributed by atoms with E-state index in [1.807, 2.05) is 41.3 Å². The maximum atomic E-state index is 12.5. The van der Waals surface area contributed by atoms with E-state index in [0.29, 0.717) is 0 Å². The molecule has 1 unspecified atom stereocenters. The predicted octanol–water partition coefficient (Wildman–Crippen LogP) is 1.07. The fourth-order valence-corrected chi connectivity index (χ4v) is 3.83. The first kappa shape index (κ1) is 15.1. The van der Waals surface area contributed by atoms with Gasteiger partial charge in [-0.2, -0.15) is 0 Å². The number of hydrogen-bond donors (Lipinski definition) is 1. The van der Waals surface area contributed by atoms with Crippen LogP contribution in [0.2, 0.25) is 0 Å². The van der Waals surface area contributed by atoms with E-state index in [0.717, 1.165) is 30.0 Å². The summed E-state index contributed by atoms with van der Waals surface area (Å²) in [7, 11) is 0.0888. The van der Waals surface area contributed by atoms with Gasteiger partial charge in [0, 0.05) is 36.0 Å². The number of piperazine rings is 1. The largest absolute Gasteiger partial charge is 0.449 e. The van der Waals surface area contributed by atoms with E-state index in [9.17, 15) is 9.82 Å². The summed E-state index contributed by atoms with van der Waals surface area (Å²) < 4.78 is 0.977. The molecule has 1 fully saturated rings. The Morgan fingerprint density at radius 2 is 2.00 bits per heavy atom. The lowest BCUT2D eigenvalue weighted by atomic mass is 10.0. The zero-order valence-corrected chi connectivity index (χ0v) is 13.4. The number of rotatable bonds is 3. The summed E-state index contributed by atoms with van der Waals surface area (Å²) in [5.41, 5.74) is 0.752. The maximum Gasteiger partial charge on any atom is 0.315 e. The van der Waals surface area contributed by atoms with Crippen LogP contribution in [0.1, 0.15) is 17.3 Å². The van der Waals surface area contributed by atoms with Crippen LogP contribution < -0.4 is 9.68 Å². The molecule has 6 heteroatoms. The van der Waals surface area contributed by atoms with Crippen LogP contribution in [0.25, 0.3) is 0 Å². The summed E-state index contributed by atoms with van der Waals surface area (Å²) in [6.07, 6.45) is 0. The quantitative estimate of drug-likeness (QED) is 0.862. The Balaban J connectivity index is 1.68. The lowest BCUT2D eigenvalue weighted by Gasteiger charge is -2.40. The molecule has 1 atom stereocenters. The molecule has 0 bridgehead atoms. The molecule has 1 N–H and O–H groups in total. The highest BCUT2D eigenvalue weighted by Crippen LogP contribution is 2.25. The molecule has 1 saturated heterocycles. The number of carbonyl (C=O) groups excluding carboxylic acids is 1. The minimum absolute atomic E-state index is 0.0888. The summed E-state index contributed by atoms with van der Waals surface area (Å²) in [5, 5.41) is 10.4. The van der Waals surface area contributed by atoms with Gasteiger partial charge in [0.15, 0.2) is 0 Å². The van der Waals surface area contributed by atoms with Gasteiger partial charge in [-0.25, -0.2) is 0 Å². The Morgan fingerprint density at radius 3 is 2.64 bits per heavy atom. The van der Waals surface area contributed by atoms with Crippen LogP contribution in [0.3, 0.4) is 0 Å². The first-order valence-electron chi connectivity index (χ1n) is 7.49. The Hall–Kier alpha value is -1.79. The smallest absolute Gasteiger partial charge is 0.315 e. The molecule has 22 heavy (non-hydrogen) atoms. The minimum Gasteiger partial charge on any atom is -0.449 e. The molecule has 2 aromatic rings. The van der Waals surface area contributed by atoms with Gasteiger partial charge in [0.2, 0.25) is 0 Å². The SMILES string of the molecule is CC1CN(C(=O)c2ccccc2)CCN1c1ccc(BO)s1. The number of benzene rings is 1. The van der Waals surface area contributed by atoms with Gasteiger partial charge < -0.3 is 14.8 Å². The van der Waals surface area contributed by atoms with Crippen molar-refractivity contribution in [3.8, 4) is 0 Å². The zero-order valence-electron chi connectivity index (χ0n) is 12.6. The van der Waals surface area contributed by atoms with Crippen molar-refractivity contribution in [1.82, 2.24) is 4.90 Å². The fraction of sp³-hybridized carbons (Fsp3) is 0.312. The van der Waals surface area contributed by atoms with Crippen molar-refractivity contribution in [2.75, 3.05) is 24.5 Å². The van der Waals surface area contributed by atoms with E-state index in [-0.39, 0.29) is 19.4 Å². The molecule has 1 aliphatic heterocycles. The first-order valence-corrected chi connectivity index (χ1v) is 8.31. The van der Waals surface area contributed by atoms with E-state index in [4.69, 9.17) is 0 Å². The fourth-order valence-electron chi connectivity index (χ4n) is 2.84. The summed E-state index contributed by atoms with van der Waals surface area (Å²) in [6.45, 7) is 4.42. The third-order valence-electron chi connectivity index (χ3n) is 4.02. The van der Waals surface area contributed by atoms with Crippen molar-refractivity contribution >= 4 is 34.5 Å². The molecule has 1 aromatic carbocycles. The van der Waals surface area contributed by atoms with Crippen molar-refractivity contribution in [3.63, 3.8) is 0 Å². The summed E-state index contributed by atoms with van der Waals surface area (Å²) >= 11 is 1.62. The third-order valence-corrected chi connectivity index (χ3v) is 5.13. The second kappa shape index (κ2) is 6.54. The average Bonchev–Trinajstić information content (AvgIpc) is 3.03. The highest BCUT2D eigenvalue weighted by molar-refractivity contribution is 7.24. The van der Waals surface area contributed by atoms with E-state index in [1.54, 1.807) is 11.3 Å². The number of anilines is 1. The predicted molar refractivity (Wildman–Crippen MR) is 92.5 cm³/mol. The Morgan fingerprint density at radius 1 is 1.23 bits per heavy atom. The zero-order chi connectivity index (χ0) is 15.5. The van der Waals surface area contributed by atoms with Crippen LogP contribution in [0.4, 0.5) is 5.00 Å². The van der Waals surface area contributed by atoms with Crippen LogP contribution in [-0.4, -0.2) is 49.0 Å². The van der Waals surface area contributed by atoms with E-state index in [2.05, 4.69) is 17.9 Å². The highest BCUT2D eigenvalue weighted by Gasteiger charge is 2.28. The van der Waals surface area contributed by atoms with Crippen molar-refractivity contribution in [2.24, 2.45) is 0 Å². The molecule has 0 aliphatic carbocycles. The monoisotopic (exact) mass is 314 g/mol. The van der Waals surface area contributed by atoms with Gasteiger partial charge in [0.05, 0.1) is 5.00 Å². The molecule has 4 nitrogen and oxygen atoms in total. The molecule has 1 aromatic heterocycles. The lowest BCUT2D eigenvalue weighted by Crippen LogP contribution is -2.53. The van der Waals surface area contributed by atoms with Gasteiger partial charge in [-0.3, -0.25) is 4.79 Å². The molecule has 114 valence electrons. The lowest BCUT2D eigenvalue weighted by molar-refractivity contribution is 0.0726. The third kappa shape index (κ3) is 3.03. The average molecular weight is 314 g/mol. The van der Waals surface area contributed by atoms with E-state index < -0.39 is 0 Å². The van der Waals surface area contributed by atoms with Gasteiger partial charge in [0.25, 0.3) is 5.91 Å². The molecule has 0 spiro atoms. The van der Waals surface area contributed by atoms with Crippen LogP contribution >= 0.6 is 11.3 Å². The van der Waals surface area contributed by atoms with E-state index >= 15 is 0 Å². The van der Waals surface area contributed by atoms with Crippen LogP contribution in [0.15, 0.2) is 42.5 Å². The second-order valence-corrected chi connectivity index (χ2v) is 6.70. The molecular formula is C16H19BN2O2S. The molecule has 1 amide bonds. The maximum absolute atomic E-state index is 12.5. The normalized spacial score (nSPS) is 18.4. The Bertz CT molecular complexity index is 647. The van der Waals surface area contributed by atoms with Crippen LogP contribution in [0, 0.1) is 0 Å². The number of hydrogen-bond acceptors (Lipinski definition) is 4. The molecule has 0 saturated carbocycles. The second-order valence-electron chi connectivity index (χ2n) is 5.56. The van der Waals surface area contributed by atoms with Gasteiger partial charge in [-0.15, -0.1) is 11.3 Å². The van der Waals surface area contributed by atoms with Crippen molar-refractivity contribution in [2.45, 2.75) is 13.0 Å². The number of nitrogens with zero attached hydrogens (tertiary/aromatic N) is 2. The number of thiophene rings is 1. The molecule has 0 radical (unpaired) electrons. The van der Waals surface area contributed by atoms with Crippen molar-refractivity contribution in [1.29, 1.82) is 0 Å². The molecule has 3 rings (SSSR count). The molecular weight excluding hydrogens is 295 g/mol. The topological polar surface area (TPSA) is 43.8 Å². The summed E-state index contributed by atoms with van der Waals surface area (Å²) in [6, 6.07) is 13.7. The van der Waals surface area contributed by atoms with Crippen LogP contribution in [0.5, 0.6) is 0 Å². The summed E-state index contributed by atoms with van der Waals surface area (Å²) in [5.74, 6) is 0.106. The Kier molecular flexibility index (Phi) is 4.50. The van der Waals surface area contributed by atoms with Gasteiger partial charge >= 0.3 is 7.48 Å². The van der Waals surface area contributed by atoms with Crippen molar-refractivity contribution in [3.05, 3.63) is 48.0 Å². The van der Waals surface area contributed by atoms with Gasteiger partial charge in [0.1, 0.15) is 0 Å². The Labute approximate surface area is 135 Å². The van der Waals surface area contributed by atoms with Gasteiger partial charge in [-0.05, 0) is 25.1 Å². The first-order chi connectivity index (χ1) is 10.7. The number of amides is 1. The summed E-state index contributed by atoms with van der Waals surface area (Å²) in [4.78, 5) is 16.8.